The summed E-state index contributed by atoms with van der Waals surface area (Å²) in [4.78, 5) is 17.1. The third-order valence-corrected chi connectivity index (χ3v) is 4.90. The van der Waals surface area contributed by atoms with Crippen molar-refractivity contribution in [2.45, 2.75) is 6.61 Å². The number of carbonyl (C=O) groups is 1. The number of aromatic nitrogens is 1. The third kappa shape index (κ3) is 4.45. The van der Waals surface area contributed by atoms with Gasteiger partial charge in [0.1, 0.15) is 12.4 Å². The maximum atomic E-state index is 12.6. The fraction of sp³-hybridized carbons (Fsp3) is 0.0435. The highest BCUT2D eigenvalue weighted by Crippen LogP contribution is 2.25. The lowest BCUT2D eigenvalue weighted by Gasteiger charge is -2.08. The minimum atomic E-state index is -0.209. The summed E-state index contributed by atoms with van der Waals surface area (Å²) in [5.74, 6) is 0.444. The van der Waals surface area contributed by atoms with Gasteiger partial charge in [0.15, 0.2) is 5.13 Å². The predicted molar refractivity (Wildman–Crippen MR) is 113 cm³/mol. The van der Waals surface area contributed by atoms with Crippen LogP contribution in [0.25, 0.3) is 11.3 Å². The van der Waals surface area contributed by atoms with Crippen molar-refractivity contribution in [2.24, 2.45) is 0 Å². The Balaban J connectivity index is 1.42. The molecule has 0 saturated carbocycles. The maximum absolute atomic E-state index is 12.6. The van der Waals surface area contributed by atoms with Crippen molar-refractivity contribution in [2.75, 3.05) is 5.32 Å². The van der Waals surface area contributed by atoms with Crippen molar-refractivity contribution in [3.63, 3.8) is 0 Å². The zero-order valence-corrected chi connectivity index (χ0v) is 15.9. The largest absolute Gasteiger partial charge is 0.489 e. The van der Waals surface area contributed by atoms with Crippen molar-refractivity contribution >= 4 is 22.4 Å². The SMILES string of the molecule is O=C(Nc1nc(-c2ccccc2)cs1)c1cccc(OCc2ccccc2)c1. The van der Waals surface area contributed by atoms with Crippen LogP contribution >= 0.6 is 11.3 Å². The van der Waals surface area contributed by atoms with Gasteiger partial charge in [-0.25, -0.2) is 4.98 Å². The zero-order valence-electron chi connectivity index (χ0n) is 15.0. The Morgan fingerprint density at radius 3 is 2.46 bits per heavy atom. The Morgan fingerprint density at radius 2 is 1.68 bits per heavy atom. The minimum Gasteiger partial charge on any atom is -0.489 e. The van der Waals surface area contributed by atoms with Crippen LogP contribution < -0.4 is 10.1 Å². The van der Waals surface area contributed by atoms with Gasteiger partial charge in [-0.3, -0.25) is 10.1 Å². The third-order valence-electron chi connectivity index (χ3n) is 4.14. The van der Waals surface area contributed by atoms with Crippen LogP contribution in [0.2, 0.25) is 0 Å². The van der Waals surface area contributed by atoms with Crippen LogP contribution in [0.15, 0.2) is 90.3 Å². The average molecular weight is 386 g/mol. The molecule has 4 rings (SSSR count). The van der Waals surface area contributed by atoms with E-state index in [0.717, 1.165) is 16.8 Å². The topological polar surface area (TPSA) is 51.2 Å². The lowest BCUT2D eigenvalue weighted by atomic mass is 10.2. The van der Waals surface area contributed by atoms with Gasteiger partial charge < -0.3 is 4.74 Å². The fourth-order valence-electron chi connectivity index (χ4n) is 2.71. The molecule has 4 aromatic rings. The molecule has 0 saturated heterocycles. The van der Waals surface area contributed by atoms with Crippen LogP contribution in [0.4, 0.5) is 5.13 Å². The van der Waals surface area contributed by atoms with E-state index in [1.807, 2.05) is 78.2 Å². The molecule has 0 radical (unpaired) electrons. The van der Waals surface area contributed by atoms with E-state index >= 15 is 0 Å². The molecule has 0 fully saturated rings. The van der Waals surface area contributed by atoms with E-state index in [4.69, 9.17) is 4.74 Å². The Hall–Kier alpha value is -3.44. The number of amides is 1. The first kappa shape index (κ1) is 17.9. The van der Waals surface area contributed by atoms with E-state index in [9.17, 15) is 4.79 Å². The van der Waals surface area contributed by atoms with Gasteiger partial charge in [-0.05, 0) is 23.8 Å². The highest BCUT2D eigenvalue weighted by molar-refractivity contribution is 7.14. The molecule has 28 heavy (non-hydrogen) atoms. The number of thiazole rings is 1. The molecule has 0 aliphatic carbocycles. The summed E-state index contributed by atoms with van der Waals surface area (Å²) < 4.78 is 5.80. The molecular weight excluding hydrogens is 368 g/mol. The number of hydrogen-bond acceptors (Lipinski definition) is 4. The summed E-state index contributed by atoms with van der Waals surface area (Å²) in [5, 5.41) is 5.37. The fourth-order valence-corrected chi connectivity index (χ4v) is 3.42. The first-order valence-electron chi connectivity index (χ1n) is 8.87. The van der Waals surface area contributed by atoms with Crippen LogP contribution in [-0.4, -0.2) is 10.9 Å². The first-order valence-corrected chi connectivity index (χ1v) is 9.75. The number of ether oxygens (including phenoxy) is 1. The van der Waals surface area contributed by atoms with Crippen molar-refractivity contribution in [1.82, 2.24) is 4.98 Å². The van der Waals surface area contributed by atoms with Gasteiger partial charge in [-0.15, -0.1) is 11.3 Å². The number of nitrogens with one attached hydrogen (secondary N) is 1. The van der Waals surface area contributed by atoms with E-state index in [1.165, 1.54) is 11.3 Å². The second-order valence-corrected chi connectivity index (χ2v) is 7.02. The standard InChI is InChI=1S/C23H18N2O2S/c26-22(25-23-24-21(16-28-23)18-10-5-2-6-11-18)19-12-7-13-20(14-19)27-15-17-8-3-1-4-9-17/h1-14,16H,15H2,(H,24,25,26). The Bertz CT molecular complexity index is 1060. The normalized spacial score (nSPS) is 10.4. The lowest BCUT2D eigenvalue weighted by molar-refractivity contribution is 0.102. The molecule has 4 nitrogen and oxygen atoms in total. The van der Waals surface area contributed by atoms with Crippen molar-refractivity contribution < 1.29 is 9.53 Å². The molecule has 138 valence electrons. The van der Waals surface area contributed by atoms with Gasteiger partial charge in [0.2, 0.25) is 0 Å². The number of anilines is 1. The first-order chi connectivity index (χ1) is 13.8. The van der Waals surface area contributed by atoms with Gasteiger partial charge in [-0.2, -0.15) is 0 Å². The second kappa shape index (κ2) is 8.50. The van der Waals surface area contributed by atoms with Crippen molar-refractivity contribution in [3.05, 3.63) is 101 Å². The van der Waals surface area contributed by atoms with Gasteiger partial charge in [0.05, 0.1) is 5.69 Å². The average Bonchev–Trinajstić information content (AvgIpc) is 3.22. The molecule has 0 aliphatic rings. The second-order valence-electron chi connectivity index (χ2n) is 6.16. The Kier molecular flexibility index (Phi) is 5.45. The minimum absolute atomic E-state index is 0.209. The number of hydrogen-bond donors (Lipinski definition) is 1. The van der Waals surface area contributed by atoms with Crippen LogP contribution in [0.5, 0.6) is 5.75 Å². The monoisotopic (exact) mass is 386 g/mol. The maximum Gasteiger partial charge on any atom is 0.257 e. The summed E-state index contributed by atoms with van der Waals surface area (Å²) >= 11 is 1.40. The zero-order chi connectivity index (χ0) is 19.2. The smallest absolute Gasteiger partial charge is 0.257 e. The van der Waals surface area contributed by atoms with E-state index in [1.54, 1.807) is 12.1 Å². The molecule has 0 atom stereocenters. The lowest BCUT2D eigenvalue weighted by Crippen LogP contribution is -2.11. The summed E-state index contributed by atoms with van der Waals surface area (Å²) in [6.45, 7) is 0.457. The molecule has 0 spiro atoms. The number of benzene rings is 3. The molecule has 1 amide bonds. The van der Waals surface area contributed by atoms with Gasteiger partial charge in [-0.1, -0.05) is 66.7 Å². The van der Waals surface area contributed by atoms with Gasteiger partial charge >= 0.3 is 0 Å². The molecule has 3 aromatic carbocycles. The van der Waals surface area contributed by atoms with Crippen molar-refractivity contribution in [3.8, 4) is 17.0 Å². The molecule has 0 bridgehead atoms. The molecule has 1 N–H and O–H groups in total. The summed E-state index contributed by atoms with van der Waals surface area (Å²) in [5.41, 5.74) is 3.48. The number of nitrogens with zero attached hydrogens (tertiary/aromatic N) is 1. The summed E-state index contributed by atoms with van der Waals surface area (Å²) in [6, 6.07) is 27.0. The van der Waals surface area contributed by atoms with E-state index in [0.29, 0.717) is 23.1 Å². The molecule has 1 heterocycles. The highest BCUT2D eigenvalue weighted by atomic mass is 32.1. The molecule has 0 unspecified atom stereocenters. The van der Waals surface area contributed by atoms with E-state index < -0.39 is 0 Å². The van der Waals surface area contributed by atoms with Crippen LogP contribution in [0.1, 0.15) is 15.9 Å². The van der Waals surface area contributed by atoms with E-state index in [2.05, 4.69) is 10.3 Å². The number of carbonyl (C=O) groups excluding carboxylic acids is 1. The van der Waals surface area contributed by atoms with Crippen LogP contribution in [0.3, 0.4) is 0 Å². The predicted octanol–water partition coefficient (Wildman–Crippen LogP) is 5.64. The van der Waals surface area contributed by atoms with Crippen molar-refractivity contribution in [1.29, 1.82) is 0 Å². The molecule has 1 aromatic heterocycles. The quantitative estimate of drug-likeness (QED) is 0.466. The molecule has 0 aliphatic heterocycles. The Labute approximate surface area is 167 Å². The molecule has 5 heteroatoms. The highest BCUT2D eigenvalue weighted by Gasteiger charge is 2.11. The Morgan fingerprint density at radius 1 is 0.929 bits per heavy atom. The molecular formula is C23H18N2O2S. The number of rotatable bonds is 6. The van der Waals surface area contributed by atoms with Gasteiger partial charge in [0, 0.05) is 16.5 Å². The van der Waals surface area contributed by atoms with E-state index in [-0.39, 0.29) is 5.91 Å². The van der Waals surface area contributed by atoms with Gasteiger partial charge in [0.25, 0.3) is 5.91 Å². The van der Waals surface area contributed by atoms with Crippen LogP contribution in [0, 0.1) is 0 Å². The summed E-state index contributed by atoms with van der Waals surface area (Å²) in [7, 11) is 0. The van der Waals surface area contributed by atoms with Crippen LogP contribution in [-0.2, 0) is 6.61 Å². The summed E-state index contributed by atoms with van der Waals surface area (Å²) in [6.07, 6.45) is 0.